The third-order valence-electron chi connectivity index (χ3n) is 5.30. The number of esters is 1. The van der Waals surface area contributed by atoms with Crippen LogP contribution in [0.4, 0.5) is 4.79 Å². The monoisotopic (exact) mass is 452 g/mol. The van der Waals surface area contributed by atoms with Crippen molar-refractivity contribution in [1.82, 2.24) is 10.2 Å². The second-order valence-corrected chi connectivity index (χ2v) is 9.17. The number of nitrogens with zero attached hydrogens (tertiary/aromatic N) is 1. The van der Waals surface area contributed by atoms with Crippen LogP contribution in [0.3, 0.4) is 0 Å². The third-order valence-corrected chi connectivity index (χ3v) is 5.30. The van der Waals surface area contributed by atoms with Crippen LogP contribution in [0.15, 0.2) is 60.7 Å². The Morgan fingerprint density at radius 3 is 2.21 bits per heavy atom. The molecular formula is C26H32N2O5. The zero-order valence-corrected chi connectivity index (χ0v) is 19.5. The summed E-state index contributed by atoms with van der Waals surface area (Å²) in [5.41, 5.74) is 1.09. The van der Waals surface area contributed by atoms with E-state index < -0.39 is 29.7 Å². The highest BCUT2D eigenvalue weighted by Crippen LogP contribution is 2.21. The molecule has 2 atom stereocenters. The van der Waals surface area contributed by atoms with Crippen molar-refractivity contribution in [2.45, 2.75) is 64.3 Å². The number of hydrogen-bond acceptors (Lipinski definition) is 5. The van der Waals surface area contributed by atoms with Crippen molar-refractivity contribution >= 4 is 18.0 Å². The summed E-state index contributed by atoms with van der Waals surface area (Å²) < 4.78 is 10.9. The first-order valence-electron chi connectivity index (χ1n) is 11.3. The van der Waals surface area contributed by atoms with E-state index in [-0.39, 0.29) is 12.5 Å². The van der Waals surface area contributed by atoms with Crippen molar-refractivity contribution in [2.24, 2.45) is 0 Å². The Morgan fingerprint density at radius 1 is 1.00 bits per heavy atom. The maximum Gasteiger partial charge on any atom is 0.408 e. The quantitative estimate of drug-likeness (QED) is 0.645. The van der Waals surface area contributed by atoms with Gasteiger partial charge in [-0.1, -0.05) is 60.7 Å². The minimum Gasteiger partial charge on any atom is -0.459 e. The molecule has 1 heterocycles. The maximum absolute atomic E-state index is 13.5. The average Bonchev–Trinajstić information content (AvgIpc) is 3.27. The number of ether oxygens (including phenoxy) is 2. The summed E-state index contributed by atoms with van der Waals surface area (Å²) in [5, 5.41) is 2.71. The summed E-state index contributed by atoms with van der Waals surface area (Å²) in [5.74, 6) is -0.746. The van der Waals surface area contributed by atoms with Crippen molar-refractivity contribution in [3.8, 4) is 0 Å². The van der Waals surface area contributed by atoms with Crippen molar-refractivity contribution < 1.29 is 23.9 Å². The molecule has 176 valence electrons. The Bertz CT molecular complexity index is 940. The normalized spacial score (nSPS) is 16.7. The Labute approximate surface area is 195 Å². The molecule has 1 saturated heterocycles. The molecule has 0 saturated carbocycles. The van der Waals surface area contributed by atoms with Crippen LogP contribution >= 0.6 is 0 Å². The van der Waals surface area contributed by atoms with Crippen LogP contribution in [0.2, 0.25) is 0 Å². The highest BCUT2D eigenvalue weighted by Gasteiger charge is 2.39. The number of benzene rings is 2. The summed E-state index contributed by atoms with van der Waals surface area (Å²) in [6, 6.07) is 17.3. The second kappa shape index (κ2) is 11.0. The van der Waals surface area contributed by atoms with Crippen LogP contribution in [0.1, 0.15) is 44.7 Å². The molecule has 0 spiro atoms. The standard InChI is InChI=1S/C26H32N2O5/c1-26(2,3)33-25(31)27-21(17-19-11-6-4-7-12-19)23(29)28-16-10-15-22(28)24(30)32-18-20-13-8-5-9-14-20/h4-9,11-14,21-22H,10,15-18H2,1-3H3,(H,27,31)/t21-,22?/m0/s1. The van der Waals surface area contributed by atoms with E-state index in [4.69, 9.17) is 9.47 Å². The van der Waals surface area contributed by atoms with Crippen LogP contribution in [-0.2, 0) is 32.1 Å². The molecule has 1 N–H and O–H groups in total. The SMILES string of the molecule is CC(C)(C)OC(=O)N[C@@H](Cc1ccccc1)C(=O)N1CCCC1C(=O)OCc1ccccc1. The first-order valence-corrected chi connectivity index (χ1v) is 11.3. The van der Waals surface area contributed by atoms with Gasteiger partial charge in [-0.25, -0.2) is 9.59 Å². The Morgan fingerprint density at radius 2 is 1.61 bits per heavy atom. The van der Waals surface area contributed by atoms with E-state index in [1.165, 1.54) is 4.90 Å². The van der Waals surface area contributed by atoms with Crippen molar-refractivity contribution in [1.29, 1.82) is 0 Å². The van der Waals surface area contributed by atoms with Crippen molar-refractivity contribution in [3.63, 3.8) is 0 Å². The minimum atomic E-state index is -0.857. The van der Waals surface area contributed by atoms with E-state index >= 15 is 0 Å². The molecule has 7 nitrogen and oxygen atoms in total. The van der Waals surface area contributed by atoms with E-state index in [1.807, 2.05) is 60.7 Å². The first kappa shape index (κ1) is 24.3. The Hall–Kier alpha value is -3.35. The van der Waals surface area contributed by atoms with Gasteiger partial charge in [0.2, 0.25) is 5.91 Å². The molecule has 0 radical (unpaired) electrons. The van der Waals surface area contributed by atoms with Crippen LogP contribution < -0.4 is 5.32 Å². The molecule has 2 aromatic rings. The van der Waals surface area contributed by atoms with Gasteiger partial charge in [-0.15, -0.1) is 0 Å². The highest BCUT2D eigenvalue weighted by atomic mass is 16.6. The van der Waals surface area contributed by atoms with Gasteiger partial charge in [0, 0.05) is 13.0 Å². The highest BCUT2D eigenvalue weighted by molar-refractivity contribution is 5.90. The molecule has 0 bridgehead atoms. The van der Waals surface area contributed by atoms with E-state index in [0.29, 0.717) is 25.8 Å². The van der Waals surface area contributed by atoms with Crippen LogP contribution in [0.5, 0.6) is 0 Å². The zero-order valence-electron chi connectivity index (χ0n) is 19.5. The van der Waals surface area contributed by atoms with Crippen LogP contribution in [-0.4, -0.2) is 47.1 Å². The number of alkyl carbamates (subject to hydrolysis) is 1. The molecule has 1 unspecified atom stereocenters. The number of hydrogen-bond donors (Lipinski definition) is 1. The molecule has 1 fully saturated rings. The molecule has 7 heteroatoms. The predicted octanol–water partition coefficient (Wildman–Crippen LogP) is 3.86. The summed E-state index contributed by atoms with van der Waals surface area (Å²) in [7, 11) is 0. The molecule has 2 amide bonds. The number of rotatable bonds is 7. The van der Waals surface area contributed by atoms with E-state index in [1.54, 1.807) is 20.8 Å². The largest absolute Gasteiger partial charge is 0.459 e. The maximum atomic E-state index is 13.5. The van der Waals surface area contributed by atoms with Gasteiger partial charge in [0.15, 0.2) is 0 Å². The van der Waals surface area contributed by atoms with Crippen LogP contribution in [0.25, 0.3) is 0 Å². The van der Waals surface area contributed by atoms with E-state index in [2.05, 4.69) is 5.32 Å². The topological polar surface area (TPSA) is 84.9 Å². The Balaban J connectivity index is 1.70. The molecular weight excluding hydrogens is 420 g/mol. The van der Waals surface area contributed by atoms with Gasteiger partial charge < -0.3 is 19.7 Å². The molecule has 0 aliphatic carbocycles. The molecule has 1 aliphatic heterocycles. The first-order chi connectivity index (χ1) is 15.7. The summed E-state index contributed by atoms with van der Waals surface area (Å²) in [6.07, 6.45) is 0.853. The number of nitrogens with one attached hydrogen (secondary N) is 1. The van der Waals surface area contributed by atoms with Gasteiger partial charge in [0.1, 0.15) is 24.3 Å². The average molecular weight is 453 g/mol. The molecule has 1 aliphatic rings. The van der Waals surface area contributed by atoms with Gasteiger partial charge in [0.25, 0.3) is 0 Å². The van der Waals surface area contributed by atoms with Crippen LogP contribution in [0, 0.1) is 0 Å². The molecule has 3 rings (SSSR count). The summed E-state index contributed by atoms with van der Waals surface area (Å²) in [6.45, 7) is 5.88. The van der Waals surface area contributed by atoms with Gasteiger partial charge in [0.05, 0.1) is 0 Å². The zero-order chi connectivity index (χ0) is 23.8. The Kier molecular flexibility index (Phi) is 8.09. The van der Waals surface area contributed by atoms with Gasteiger partial charge >= 0.3 is 12.1 Å². The second-order valence-electron chi connectivity index (χ2n) is 9.17. The molecule has 2 aromatic carbocycles. The minimum absolute atomic E-state index is 0.155. The van der Waals surface area contributed by atoms with Gasteiger partial charge in [-0.2, -0.15) is 0 Å². The number of carbonyl (C=O) groups excluding carboxylic acids is 3. The third kappa shape index (κ3) is 7.34. The number of carbonyl (C=O) groups is 3. The van der Waals surface area contributed by atoms with E-state index in [9.17, 15) is 14.4 Å². The lowest BCUT2D eigenvalue weighted by atomic mass is 10.0. The van der Waals surface area contributed by atoms with Gasteiger partial charge in [-0.3, -0.25) is 4.79 Å². The predicted molar refractivity (Wildman–Crippen MR) is 124 cm³/mol. The van der Waals surface area contributed by atoms with E-state index in [0.717, 1.165) is 11.1 Å². The van der Waals surface area contributed by atoms with Crippen molar-refractivity contribution in [2.75, 3.05) is 6.54 Å². The number of amides is 2. The fourth-order valence-electron chi connectivity index (χ4n) is 3.80. The summed E-state index contributed by atoms with van der Waals surface area (Å²) in [4.78, 5) is 40.3. The lowest BCUT2D eigenvalue weighted by Crippen LogP contribution is -2.53. The fraction of sp³-hybridized carbons (Fsp3) is 0.423. The molecule has 0 aromatic heterocycles. The molecule has 33 heavy (non-hydrogen) atoms. The smallest absolute Gasteiger partial charge is 0.408 e. The van der Waals surface area contributed by atoms with Crippen molar-refractivity contribution in [3.05, 3.63) is 71.8 Å². The lowest BCUT2D eigenvalue weighted by Gasteiger charge is -2.29. The van der Waals surface area contributed by atoms with Gasteiger partial charge in [-0.05, 0) is 44.7 Å². The summed E-state index contributed by atoms with van der Waals surface area (Å²) >= 11 is 0. The lowest BCUT2D eigenvalue weighted by molar-refractivity contribution is -0.155. The number of likely N-dealkylation sites (tertiary alicyclic amines) is 1. The fourth-order valence-corrected chi connectivity index (χ4v) is 3.80.